The van der Waals surface area contributed by atoms with Crippen LogP contribution in [-0.4, -0.2) is 21.8 Å². The van der Waals surface area contributed by atoms with Gasteiger partial charge in [0.15, 0.2) is 5.96 Å². The molecule has 0 aliphatic rings. The van der Waals surface area contributed by atoms with Crippen LogP contribution in [0.2, 0.25) is 0 Å². The molecule has 0 spiro atoms. The van der Waals surface area contributed by atoms with Gasteiger partial charge in [0.05, 0.1) is 12.2 Å². The molecule has 0 amide bonds. The molecule has 0 fully saturated rings. The average Bonchev–Trinajstić information content (AvgIpc) is 2.61. The Balaban J connectivity index is 0.00000225. The average molecular weight is 337 g/mol. The van der Waals surface area contributed by atoms with E-state index >= 15 is 0 Å². The molecule has 1 atom stereocenters. The third-order valence-electron chi connectivity index (χ3n) is 2.19. The van der Waals surface area contributed by atoms with E-state index in [4.69, 9.17) is 5.73 Å². The molecule has 0 aliphatic carbocycles. The molecular formula is C10H20IN5. The first kappa shape index (κ1) is 15.2. The molecule has 0 aromatic carbocycles. The lowest BCUT2D eigenvalue weighted by Gasteiger charge is -2.11. The van der Waals surface area contributed by atoms with E-state index in [2.05, 4.69) is 29.3 Å². The molecule has 1 unspecified atom stereocenters. The predicted octanol–water partition coefficient (Wildman–Crippen LogP) is 1.24. The fourth-order valence-electron chi connectivity index (χ4n) is 1.11. The number of hydrogen-bond acceptors (Lipinski definition) is 2. The van der Waals surface area contributed by atoms with Crippen LogP contribution in [0.1, 0.15) is 26.0 Å². The van der Waals surface area contributed by atoms with Gasteiger partial charge >= 0.3 is 0 Å². The van der Waals surface area contributed by atoms with Gasteiger partial charge in [0, 0.05) is 19.3 Å². The van der Waals surface area contributed by atoms with Gasteiger partial charge in [-0.1, -0.05) is 6.92 Å². The Hall–Kier alpha value is -0.790. The van der Waals surface area contributed by atoms with E-state index in [-0.39, 0.29) is 24.0 Å². The normalized spacial score (nSPS) is 13.1. The van der Waals surface area contributed by atoms with Gasteiger partial charge in [0.25, 0.3) is 0 Å². The number of rotatable bonds is 4. The van der Waals surface area contributed by atoms with Gasteiger partial charge in [-0.3, -0.25) is 4.68 Å². The minimum Gasteiger partial charge on any atom is -0.370 e. The molecule has 1 rings (SSSR count). The molecule has 0 saturated heterocycles. The van der Waals surface area contributed by atoms with Gasteiger partial charge in [0.1, 0.15) is 0 Å². The van der Waals surface area contributed by atoms with E-state index < -0.39 is 0 Å². The number of halogens is 1. The van der Waals surface area contributed by atoms with E-state index in [9.17, 15) is 0 Å². The van der Waals surface area contributed by atoms with Crippen molar-refractivity contribution in [2.45, 2.75) is 32.9 Å². The zero-order valence-electron chi connectivity index (χ0n) is 9.97. The highest BCUT2D eigenvalue weighted by Gasteiger charge is 1.99. The van der Waals surface area contributed by atoms with Gasteiger partial charge < -0.3 is 11.1 Å². The second kappa shape index (κ2) is 7.48. The van der Waals surface area contributed by atoms with Crippen LogP contribution in [0, 0.1) is 0 Å². The molecule has 5 nitrogen and oxygen atoms in total. The number of hydrogen-bond donors (Lipinski definition) is 2. The number of nitrogens with zero attached hydrogens (tertiary/aromatic N) is 3. The third-order valence-corrected chi connectivity index (χ3v) is 2.19. The zero-order valence-corrected chi connectivity index (χ0v) is 12.3. The summed E-state index contributed by atoms with van der Waals surface area (Å²) in [5.74, 6) is 0.481. The summed E-state index contributed by atoms with van der Waals surface area (Å²) in [5.41, 5.74) is 6.63. The van der Waals surface area contributed by atoms with Gasteiger partial charge in [0.2, 0.25) is 0 Å². The SMILES string of the molecule is CCC(C)NC(N)=NCc1ccn(C)n1.I. The zero-order chi connectivity index (χ0) is 11.3. The number of guanidine groups is 1. The van der Waals surface area contributed by atoms with E-state index in [1.54, 1.807) is 4.68 Å². The van der Waals surface area contributed by atoms with Crippen molar-refractivity contribution in [3.63, 3.8) is 0 Å². The molecule has 3 N–H and O–H groups in total. The summed E-state index contributed by atoms with van der Waals surface area (Å²) in [4.78, 5) is 4.20. The maximum atomic E-state index is 5.71. The first-order valence-electron chi connectivity index (χ1n) is 5.16. The summed E-state index contributed by atoms with van der Waals surface area (Å²) in [6.07, 6.45) is 2.92. The standard InChI is InChI=1S/C10H19N5.HI/c1-4-8(2)13-10(11)12-7-9-5-6-15(3)14-9;/h5-6,8H,4,7H2,1-3H3,(H3,11,12,13);1H. The van der Waals surface area contributed by atoms with Crippen molar-refractivity contribution >= 4 is 29.9 Å². The minimum atomic E-state index is 0. The number of nitrogens with two attached hydrogens (primary N) is 1. The number of aryl methyl sites for hydroxylation is 1. The Bertz CT molecular complexity index is 334. The molecule has 6 heteroatoms. The van der Waals surface area contributed by atoms with Crippen molar-refractivity contribution < 1.29 is 0 Å². The van der Waals surface area contributed by atoms with Crippen LogP contribution >= 0.6 is 24.0 Å². The van der Waals surface area contributed by atoms with Crippen LogP contribution in [0.25, 0.3) is 0 Å². The number of aromatic nitrogens is 2. The largest absolute Gasteiger partial charge is 0.370 e. The molecule has 0 saturated carbocycles. The van der Waals surface area contributed by atoms with Crippen LogP contribution in [0.15, 0.2) is 17.3 Å². The Morgan fingerprint density at radius 3 is 2.88 bits per heavy atom. The summed E-state index contributed by atoms with van der Waals surface area (Å²) < 4.78 is 1.75. The number of aliphatic imine (C=N–C) groups is 1. The fourth-order valence-corrected chi connectivity index (χ4v) is 1.11. The minimum absolute atomic E-state index is 0. The first-order valence-corrected chi connectivity index (χ1v) is 5.16. The highest BCUT2D eigenvalue weighted by atomic mass is 127. The first-order chi connectivity index (χ1) is 7.11. The summed E-state index contributed by atoms with van der Waals surface area (Å²) in [7, 11) is 1.88. The van der Waals surface area contributed by atoms with E-state index in [1.807, 2.05) is 19.3 Å². The third kappa shape index (κ3) is 5.34. The van der Waals surface area contributed by atoms with Gasteiger partial charge in [-0.15, -0.1) is 24.0 Å². The van der Waals surface area contributed by atoms with E-state index in [0.29, 0.717) is 18.5 Å². The van der Waals surface area contributed by atoms with Crippen LogP contribution in [0.3, 0.4) is 0 Å². The summed E-state index contributed by atoms with van der Waals surface area (Å²) in [5, 5.41) is 7.31. The van der Waals surface area contributed by atoms with Crippen LogP contribution < -0.4 is 11.1 Å². The molecule has 0 aliphatic heterocycles. The second-order valence-electron chi connectivity index (χ2n) is 3.64. The Morgan fingerprint density at radius 1 is 1.69 bits per heavy atom. The molecule has 1 aromatic rings. The Morgan fingerprint density at radius 2 is 2.38 bits per heavy atom. The van der Waals surface area contributed by atoms with E-state index in [0.717, 1.165) is 12.1 Å². The van der Waals surface area contributed by atoms with Crippen molar-refractivity contribution in [1.29, 1.82) is 0 Å². The summed E-state index contributed by atoms with van der Waals surface area (Å²) >= 11 is 0. The monoisotopic (exact) mass is 337 g/mol. The molecule has 16 heavy (non-hydrogen) atoms. The Labute approximate surface area is 114 Å². The van der Waals surface area contributed by atoms with Gasteiger partial charge in [-0.25, -0.2) is 4.99 Å². The molecule has 1 heterocycles. The molecular weight excluding hydrogens is 317 g/mol. The van der Waals surface area contributed by atoms with E-state index in [1.165, 1.54) is 0 Å². The van der Waals surface area contributed by atoms with Crippen molar-refractivity contribution in [3.05, 3.63) is 18.0 Å². The van der Waals surface area contributed by atoms with Crippen molar-refractivity contribution in [3.8, 4) is 0 Å². The second-order valence-corrected chi connectivity index (χ2v) is 3.64. The highest BCUT2D eigenvalue weighted by Crippen LogP contribution is 1.96. The van der Waals surface area contributed by atoms with Gasteiger partial charge in [-0.2, -0.15) is 5.10 Å². The summed E-state index contributed by atoms with van der Waals surface area (Å²) in [6.45, 7) is 4.70. The highest BCUT2D eigenvalue weighted by molar-refractivity contribution is 14.0. The topological polar surface area (TPSA) is 68.2 Å². The molecule has 1 aromatic heterocycles. The maximum absolute atomic E-state index is 5.71. The summed E-state index contributed by atoms with van der Waals surface area (Å²) in [6, 6.07) is 2.29. The van der Waals surface area contributed by atoms with Crippen LogP contribution in [0.4, 0.5) is 0 Å². The molecule has 92 valence electrons. The van der Waals surface area contributed by atoms with Crippen LogP contribution in [-0.2, 0) is 13.6 Å². The van der Waals surface area contributed by atoms with Crippen molar-refractivity contribution in [1.82, 2.24) is 15.1 Å². The lowest BCUT2D eigenvalue weighted by atomic mass is 10.3. The van der Waals surface area contributed by atoms with Crippen molar-refractivity contribution in [2.75, 3.05) is 0 Å². The lowest BCUT2D eigenvalue weighted by Crippen LogP contribution is -2.38. The maximum Gasteiger partial charge on any atom is 0.189 e. The Kier molecular flexibility index (Phi) is 7.11. The van der Waals surface area contributed by atoms with Crippen molar-refractivity contribution in [2.24, 2.45) is 17.8 Å². The predicted molar refractivity (Wildman–Crippen MR) is 76.8 cm³/mol. The molecule has 0 radical (unpaired) electrons. The lowest BCUT2D eigenvalue weighted by molar-refractivity contribution is 0.636. The smallest absolute Gasteiger partial charge is 0.189 e. The van der Waals surface area contributed by atoms with Gasteiger partial charge in [-0.05, 0) is 19.4 Å². The molecule has 0 bridgehead atoms. The fraction of sp³-hybridized carbons (Fsp3) is 0.600. The number of nitrogens with one attached hydrogen (secondary N) is 1. The van der Waals surface area contributed by atoms with Crippen LogP contribution in [0.5, 0.6) is 0 Å². The quantitative estimate of drug-likeness (QED) is 0.494.